The number of amides is 1. The van der Waals surface area contributed by atoms with Crippen molar-refractivity contribution in [2.45, 2.75) is 19.9 Å². The summed E-state index contributed by atoms with van der Waals surface area (Å²) < 4.78 is 0. The van der Waals surface area contributed by atoms with Crippen LogP contribution >= 0.6 is 0 Å². The molecule has 1 atom stereocenters. The van der Waals surface area contributed by atoms with E-state index in [0.717, 1.165) is 16.6 Å². The van der Waals surface area contributed by atoms with Crippen molar-refractivity contribution in [1.82, 2.24) is 9.88 Å². The van der Waals surface area contributed by atoms with Gasteiger partial charge in [0.2, 0.25) is 5.91 Å². The number of aromatic nitrogens is 1. The maximum absolute atomic E-state index is 12.1. The molecule has 0 radical (unpaired) electrons. The lowest BCUT2D eigenvalue weighted by molar-refractivity contribution is -0.130. The summed E-state index contributed by atoms with van der Waals surface area (Å²) in [5.74, 6) is 0.0568. The Morgan fingerprint density at radius 1 is 1.45 bits per heavy atom. The van der Waals surface area contributed by atoms with E-state index in [1.54, 1.807) is 24.2 Å². The Morgan fingerprint density at radius 3 is 2.90 bits per heavy atom. The van der Waals surface area contributed by atoms with Crippen molar-refractivity contribution < 1.29 is 4.79 Å². The SMILES string of the molecule is CCN(C)C(=O)C(C)Nc1ccc(N)c2ncccc12. The number of nitrogens with two attached hydrogens (primary N) is 1. The molecular weight excluding hydrogens is 252 g/mol. The topological polar surface area (TPSA) is 71.2 Å². The van der Waals surface area contributed by atoms with Crippen LogP contribution in [0.3, 0.4) is 0 Å². The van der Waals surface area contributed by atoms with Gasteiger partial charge < -0.3 is 16.0 Å². The van der Waals surface area contributed by atoms with Gasteiger partial charge in [-0.15, -0.1) is 0 Å². The van der Waals surface area contributed by atoms with Gasteiger partial charge in [0.15, 0.2) is 0 Å². The number of carbonyl (C=O) groups is 1. The van der Waals surface area contributed by atoms with Crippen LogP contribution in [0.4, 0.5) is 11.4 Å². The molecule has 0 aliphatic rings. The van der Waals surface area contributed by atoms with Crippen LogP contribution in [0.15, 0.2) is 30.5 Å². The van der Waals surface area contributed by atoms with Gasteiger partial charge in [0.05, 0.1) is 11.2 Å². The summed E-state index contributed by atoms with van der Waals surface area (Å²) in [6, 6.07) is 7.19. The molecule has 5 nitrogen and oxygen atoms in total. The van der Waals surface area contributed by atoms with Crippen LogP contribution in [-0.4, -0.2) is 35.4 Å². The highest BCUT2D eigenvalue weighted by Crippen LogP contribution is 2.26. The van der Waals surface area contributed by atoms with Gasteiger partial charge in [-0.1, -0.05) is 0 Å². The van der Waals surface area contributed by atoms with E-state index in [2.05, 4.69) is 10.3 Å². The van der Waals surface area contributed by atoms with Crippen LogP contribution in [0.2, 0.25) is 0 Å². The van der Waals surface area contributed by atoms with Crippen molar-refractivity contribution in [1.29, 1.82) is 0 Å². The number of rotatable bonds is 4. The van der Waals surface area contributed by atoms with Crippen molar-refractivity contribution in [3.8, 4) is 0 Å². The zero-order valence-corrected chi connectivity index (χ0v) is 12.1. The first-order valence-electron chi connectivity index (χ1n) is 6.69. The Kier molecular flexibility index (Phi) is 4.08. The van der Waals surface area contributed by atoms with Gasteiger partial charge in [0.1, 0.15) is 6.04 Å². The molecule has 3 N–H and O–H groups in total. The molecule has 0 saturated carbocycles. The second-order valence-corrected chi connectivity index (χ2v) is 4.82. The van der Waals surface area contributed by atoms with Crippen molar-refractivity contribution in [3.63, 3.8) is 0 Å². The predicted octanol–water partition coefficient (Wildman–Crippen LogP) is 2.10. The van der Waals surface area contributed by atoms with E-state index in [1.807, 2.05) is 32.0 Å². The zero-order valence-electron chi connectivity index (χ0n) is 12.1. The summed E-state index contributed by atoms with van der Waals surface area (Å²) in [5.41, 5.74) is 8.17. The Bertz CT molecular complexity index is 626. The minimum atomic E-state index is -0.299. The maximum Gasteiger partial charge on any atom is 0.244 e. The zero-order chi connectivity index (χ0) is 14.7. The standard InChI is InChI=1S/C15H20N4O/c1-4-19(3)15(20)10(2)18-13-8-7-12(16)14-11(13)6-5-9-17-14/h5-10,18H,4,16H2,1-3H3. The smallest absolute Gasteiger partial charge is 0.244 e. The van der Waals surface area contributed by atoms with Crippen LogP contribution in [0.1, 0.15) is 13.8 Å². The molecule has 1 heterocycles. The lowest BCUT2D eigenvalue weighted by Gasteiger charge is -2.22. The molecule has 0 fully saturated rings. The number of nitrogen functional groups attached to an aromatic ring is 1. The molecule has 1 amide bonds. The second kappa shape index (κ2) is 5.77. The minimum absolute atomic E-state index is 0.0568. The molecule has 20 heavy (non-hydrogen) atoms. The average molecular weight is 272 g/mol. The van der Waals surface area contributed by atoms with Crippen molar-refractivity contribution >= 4 is 28.2 Å². The summed E-state index contributed by atoms with van der Waals surface area (Å²) >= 11 is 0. The quantitative estimate of drug-likeness (QED) is 0.836. The first-order chi connectivity index (χ1) is 9.54. The van der Waals surface area contributed by atoms with Crippen molar-refractivity contribution in [2.24, 2.45) is 0 Å². The number of fused-ring (bicyclic) bond motifs is 1. The van der Waals surface area contributed by atoms with E-state index in [9.17, 15) is 4.79 Å². The molecule has 0 saturated heterocycles. The van der Waals surface area contributed by atoms with Crippen LogP contribution < -0.4 is 11.1 Å². The molecule has 1 aromatic carbocycles. The fourth-order valence-corrected chi connectivity index (χ4v) is 2.10. The Balaban J connectivity index is 2.31. The maximum atomic E-state index is 12.1. The summed E-state index contributed by atoms with van der Waals surface area (Å²) in [4.78, 5) is 18.1. The minimum Gasteiger partial charge on any atom is -0.397 e. The first-order valence-corrected chi connectivity index (χ1v) is 6.69. The van der Waals surface area contributed by atoms with Crippen LogP contribution in [0.5, 0.6) is 0 Å². The van der Waals surface area contributed by atoms with Gasteiger partial charge in [0.25, 0.3) is 0 Å². The molecule has 1 unspecified atom stereocenters. The molecule has 2 aromatic rings. The predicted molar refractivity (Wildman–Crippen MR) is 82.6 cm³/mol. The fourth-order valence-electron chi connectivity index (χ4n) is 2.10. The number of nitrogens with zero attached hydrogens (tertiary/aromatic N) is 2. The van der Waals surface area contributed by atoms with Crippen molar-refractivity contribution in [2.75, 3.05) is 24.6 Å². The third-order valence-electron chi connectivity index (χ3n) is 3.39. The Hall–Kier alpha value is -2.30. The average Bonchev–Trinajstić information content (AvgIpc) is 2.48. The van der Waals surface area contributed by atoms with Gasteiger partial charge >= 0.3 is 0 Å². The number of pyridine rings is 1. The van der Waals surface area contributed by atoms with E-state index < -0.39 is 0 Å². The lowest BCUT2D eigenvalue weighted by atomic mass is 10.1. The molecule has 2 rings (SSSR count). The molecular formula is C15H20N4O. The number of anilines is 2. The van der Waals surface area contributed by atoms with Gasteiger partial charge in [-0.2, -0.15) is 0 Å². The van der Waals surface area contributed by atoms with Crippen molar-refractivity contribution in [3.05, 3.63) is 30.5 Å². The van der Waals surface area contributed by atoms with E-state index >= 15 is 0 Å². The van der Waals surface area contributed by atoms with Gasteiger partial charge in [0, 0.05) is 30.9 Å². The number of hydrogen-bond acceptors (Lipinski definition) is 4. The third kappa shape index (κ3) is 2.66. The van der Waals surface area contributed by atoms with E-state index in [0.29, 0.717) is 12.2 Å². The summed E-state index contributed by atoms with van der Waals surface area (Å²) in [6.07, 6.45) is 1.71. The number of carbonyl (C=O) groups excluding carboxylic acids is 1. The Morgan fingerprint density at radius 2 is 2.20 bits per heavy atom. The number of likely N-dealkylation sites (N-methyl/N-ethyl adjacent to an activating group) is 1. The van der Waals surface area contributed by atoms with Gasteiger partial charge in [-0.3, -0.25) is 9.78 Å². The third-order valence-corrected chi connectivity index (χ3v) is 3.39. The highest BCUT2D eigenvalue weighted by atomic mass is 16.2. The summed E-state index contributed by atoms with van der Waals surface area (Å²) in [6.45, 7) is 4.50. The lowest BCUT2D eigenvalue weighted by Crippen LogP contribution is -2.38. The number of benzene rings is 1. The van der Waals surface area contributed by atoms with E-state index in [4.69, 9.17) is 5.73 Å². The number of hydrogen-bond donors (Lipinski definition) is 2. The second-order valence-electron chi connectivity index (χ2n) is 4.82. The summed E-state index contributed by atoms with van der Waals surface area (Å²) in [5, 5.41) is 4.16. The monoisotopic (exact) mass is 272 g/mol. The largest absolute Gasteiger partial charge is 0.397 e. The molecule has 0 aliphatic heterocycles. The molecule has 0 bridgehead atoms. The molecule has 0 aliphatic carbocycles. The highest BCUT2D eigenvalue weighted by Gasteiger charge is 2.17. The molecule has 0 spiro atoms. The number of nitrogens with one attached hydrogen (secondary N) is 1. The Labute approximate surface area is 118 Å². The molecule has 1 aromatic heterocycles. The van der Waals surface area contributed by atoms with Gasteiger partial charge in [-0.05, 0) is 38.1 Å². The first kappa shape index (κ1) is 14.1. The van der Waals surface area contributed by atoms with E-state index in [1.165, 1.54) is 0 Å². The highest BCUT2D eigenvalue weighted by molar-refractivity contribution is 5.99. The molecule has 5 heteroatoms. The van der Waals surface area contributed by atoms with E-state index in [-0.39, 0.29) is 11.9 Å². The van der Waals surface area contributed by atoms with Gasteiger partial charge in [-0.25, -0.2) is 0 Å². The van der Waals surface area contributed by atoms with Crippen LogP contribution in [-0.2, 0) is 4.79 Å². The van der Waals surface area contributed by atoms with Crippen LogP contribution in [0.25, 0.3) is 10.9 Å². The normalized spacial score (nSPS) is 12.2. The molecule has 106 valence electrons. The van der Waals surface area contributed by atoms with Crippen LogP contribution in [0, 0.1) is 0 Å². The summed E-state index contributed by atoms with van der Waals surface area (Å²) in [7, 11) is 1.79. The fraction of sp³-hybridized carbons (Fsp3) is 0.333.